The molecule has 2 heterocycles. The predicted molar refractivity (Wildman–Crippen MR) is 98.6 cm³/mol. The van der Waals surface area contributed by atoms with Crippen LogP contribution < -0.4 is 10.1 Å². The number of likely N-dealkylation sites (N-methyl/N-ethyl adjacent to an activating group) is 1. The van der Waals surface area contributed by atoms with Crippen LogP contribution in [0.4, 0.5) is 4.79 Å². The molecule has 0 aliphatic carbocycles. The van der Waals surface area contributed by atoms with Gasteiger partial charge in [0.1, 0.15) is 16.7 Å². The van der Waals surface area contributed by atoms with E-state index in [1.807, 2.05) is 13.8 Å². The quantitative estimate of drug-likeness (QED) is 0.849. The lowest BCUT2D eigenvalue weighted by Gasteiger charge is -2.28. The average molecular weight is 381 g/mol. The highest BCUT2D eigenvalue weighted by atomic mass is 32.2. The summed E-state index contributed by atoms with van der Waals surface area (Å²) in [6.45, 7) is 5.77. The summed E-state index contributed by atoms with van der Waals surface area (Å²) in [5.74, 6) is 0.776. The Balaban J connectivity index is 1.80. The van der Waals surface area contributed by atoms with E-state index in [1.54, 1.807) is 36.2 Å². The predicted octanol–water partition coefficient (Wildman–Crippen LogP) is 1.90. The first-order chi connectivity index (χ1) is 12.3. The number of hydrogen-bond acceptors (Lipinski definition) is 4. The lowest BCUT2D eigenvalue weighted by Crippen LogP contribution is -2.45. The monoisotopic (exact) mass is 381 g/mol. The van der Waals surface area contributed by atoms with E-state index in [4.69, 9.17) is 4.74 Å². The van der Waals surface area contributed by atoms with Crippen LogP contribution in [-0.2, 0) is 10.0 Å². The molecule has 1 aromatic carbocycles. The summed E-state index contributed by atoms with van der Waals surface area (Å²) in [5.41, 5.74) is 0. The van der Waals surface area contributed by atoms with Crippen LogP contribution >= 0.6 is 0 Å². The molecule has 0 spiro atoms. The van der Waals surface area contributed by atoms with Crippen LogP contribution in [0.1, 0.15) is 26.7 Å². The van der Waals surface area contributed by atoms with Crippen LogP contribution in [-0.4, -0.2) is 62.5 Å². The molecule has 0 aromatic heterocycles. The Morgan fingerprint density at radius 3 is 2.69 bits per heavy atom. The van der Waals surface area contributed by atoms with Gasteiger partial charge in [-0.2, -0.15) is 4.31 Å². The van der Waals surface area contributed by atoms with E-state index in [2.05, 4.69) is 5.32 Å². The van der Waals surface area contributed by atoms with Gasteiger partial charge < -0.3 is 15.0 Å². The molecule has 0 bridgehead atoms. The molecule has 7 nitrogen and oxygen atoms in total. The summed E-state index contributed by atoms with van der Waals surface area (Å²) in [7, 11) is -2.01. The van der Waals surface area contributed by atoms with Gasteiger partial charge in [0.25, 0.3) is 0 Å². The summed E-state index contributed by atoms with van der Waals surface area (Å²) >= 11 is 0. The number of para-hydroxylation sites is 1. The fourth-order valence-electron chi connectivity index (χ4n) is 3.48. The van der Waals surface area contributed by atoms with E-state index in [9.17, 15) is 13.2 Å². The number of amides is 2. The van der Waals surface area contributed by atoms with E-state index in [0.717, 1.165) is 0 Å². The number of benzene rings is 1. The van der Waals surface area contributed by atoms with Crippen molar-refractivity contribution in [3.63, 3.8) is 0 Å². The molecule has 2 amide bonds. The minimum atomic E-state index is -3.61. The maximum absolute atomic E-state index is 12.9. The van der Waals surface area contributed by atoms with Crippen molar-refractivity contribution in [2.75, 3.05) is 26.7 Å². The van der Waals surface area contributed by atoms with Crippen molar-refractivity contribution in [3.05, 3.63) is 24.3 Å². The van der Waals surface area contributed by atoms with Crippen LogP contribution in [0.25, 0.3) is 0 Å². The Labute approximate surface area is 155 Å². The number of likely N-dealkylation sites (tertiary alicyclic amines) is 1. The summed E-state index contributed by atoms with van der Waals surface area (Å²) in [6, 6.07) is 6.36. The van der Waals surface area contributed by atoms with Crippen molar-refractivity contribution >= 4 is 16.1 Å². The van der Waals surface area contributed by atoms with E-state index in [0.29, 0.717) is 44.1 Å². The second-order valence-corrected chi connectivity index (χ2v) is 9.30. The Morgan fingerprint density at radius 2 is 1.96 bits per heavy atom. The molecule has 3 rings (SSSR count). The second-order valence-electron chi connectivity index (χ2n) is 7.34. The average Bonchev–Trinajstić information content (AvgIpc) is 2.85. The van der Waals surface area contributed by atoms with Gasteiger partial charge >= 0.3 is 6.03 Å². The number of carbonyl (C=O) groups excluding carboxylic acids is 1. The number of carbonyl (C=O) groups is 1. The van der Waals surface area contributed by atoms with E-state index < -0.39 is 10.0 Å². The molecule has 26 heavy (non-hydrogen) atoms. The van der Waals surface area contributed by atoms with Crippen molar-refractivity contribution in [1.82, 2.24) is 14.5 Å². The van der Waals surface area contributed by atoms with Gasteiger partial charge in [0, 0.05) is 33.1 Å². The van der Waals surface area contributed by atoms with Gasteiger partial charge in [-0.25, -0.2) is 13.2 Å². The maximum Gasteiger partial charge on any atom is 0.317 e. The van der Waals surface area contributed by atoms with E-state index in [1.165, 1.54) is 4.31 Å². The Kier molecular flexibility index (Phi) is 5.43. The molecule has 0 radical (unpaired) electrons. The number of rotatable bonds is 2. The molecule has 1 N–H and O–H groups in total. The molecular formula is C18H27N3O4S. The van der Waals surface area contributed by atoms with Gasteiger partial charge in [-0.3, -0.25) is 0 Å². The van der Waals surface area contributed by atoms with Gasteiger partial charge in [-0.15, -0.1) is 0 Å². The van der Waals surface area contributed by atoms with E-state index >= 15 is 0 Å². The third-order valence-corrected chi connectivity index (χ3v) is 6.93. The van der Waals surface area contributed by atoms with Gasteiger partial charge in [0.2, 0.25) is 10.0 Å². The SMILES string of the molecule is CC(C)CNC(=O)N1CC[C@@H]2[C@@H](CC1)Oc1ccccc1S(=O)(=O)N2C. The zero-order chi connectivity index (χ0) is 18.9. The maximum atomic E-state index is 12.9. The molecule has 8 heteroatoms. The molecule has 2 aliphatic heterocycles. The number of urea groups is 1. The summed E-state index contributed by atoms with van der Waals surface area (Å²) < 4.78 is 33.4. The summed E-state index contributed by atoms with van der Waals surface area (Å²) in [6.07, 6.45) is 0.860. The second kappa shape index (κ2) is 7.44. The molecule has 2 atom stereocenters. The zero-order valence-corrected chi connectivity index (χ0v) is 16.3. The molecule has 2 aliphatic rings. The van der Waals surface area contributed by atoms with Crippen LogP contribution in [0.2, 0.25) is 0 Å². The first-order valence-corrected chi connectivity index (χ1v) is 10.5. The van der Waals surface area contributed by atoms with Crippen LogP contribution in [0.15, 0.2) is 29.2 Å². The molecule has 144 valence electrons. The first-order valence-electron chi connectivity index (χ1n) is 9.07. The Bertz CT molecular complexity index is 765. The largest absolute Gasteiger partial charge is 0.487 e. The normalized spacial score (nSPS) is 25.5. The van der Waals surface area contributed by atoms with Crippen molar-refractivity contribution < 1.29 is 17.9 Å². The fourth-order valence-corrected chi connectivity index (χ4v) is 5.01. The highest BCUT2D eigenvalue weighted by Gasteiger charge is 2.41. The molecular weight excluding hydrogens is 354 g/mol. The van der Waals surface area contributed by atoms with Crippen LogP contribution in [0.3, 0.4) is 0 Å². The van der Waals surface area contributed by atoms with Gasteiger partial charge in [0.15, 0.2) is 0 Å². The lowest BCUT2D eigenvalue weighted by atomic mass is 10.1. The van der Waals surface area contributed by atoms with Gasteiger partial charge in [0.05, 0.1) is 6.04 Å². The van der Waals surface area contributed by atoms with Crippen LogP contribution in [0.5, 0.6) is 5.75 Å². The third kappa shape index (κ3) is 3.66. The van der Waals surface area contributed by atoms with Crippen molar-refractivity contribution in [1.29, 1.82) is 0 Å². The van der Waals surface area contributed by atoms with Crippen molar-refractivity contribution in [2.24, 2.45) is 5.92 Å². The Hall–Kier alpha value is -1.80. The molecule has 1 fully saturated rings. The smallest absolute Gasteiger partial charge is 0.317 e. The fraction of sp³-hybridized carbons (Fsp3) is 0.611. The molecule has 1 aromatic rings. The van der Waals surface area contributed by atoms with Crippen molar-refractivity contribution in [2.45, 2.75) is 43.7 Å². The lowest BCUT2D eigenvalue weighted by molar-refractivity contribution is 0.122. The number of nitrogens with zero attached hydrogens (tertiary/aromatic N) is 2. The number of ether oxygens (including phenoxy) is 1. The van der Waals surface area contributed by atoms with Gasteiger partial charge in [-0.1, -0.05) is 26.0 Å². The molecule has 0 saturated carbocycles. The topological polar surface area (TPSA) is 79.0 Å². The Morgan fingerprint density at radius 1 is 1.27 bits per heavy atom. The molecule has 0 unspecified atom stereocenters. The standard InChI is InChI=1S/C18H27N3O4S/c1-13(2)12-19-18(22)21-10-8-14-15(9-11-21)25-16-6-4-5-7-17(16)26(23,24)20(14)3/h4-7,13-15H,8-12H2,1-3H3,(H,19,22)/t14-,15-/m1/s1. The number of fused-ring (bicyclic) bond motifs is 2. The van der Waals surface area contributed by atoms with E-state index in [-0.39, 0.29) is 23.1 Å². The van der Waals surface area contributed by atoms with Crippen LogP contribution in [0, 0.1) is 5.92 Å². The number of nitrogens with one attached hydrogen (secondary N) is 1. The first kappa shape index (κ1) is 19.0. The molecule has 1 saturated heterocycles. The zero-order valence-electron chi connectivity index (χ0n) is 15.5. The number of hydrogen-bond donors (Lipinski definition) is 1. The minimum absolute atomic E-state index is 0.0962. The highest BCUT2D eigenvalue weighted by Crippen LogP contribution is 2.35. The summed E-state index contributed by atoms with van der Waals surface area (Å²) in [5, 5.41) is 2.93. The number of sulfonamides is 1. The third-order valence-electron chi connectivity index (χ3n) is 5.01. The van der Waals surface area contributed by atoms with Gasteiger partial charge in [-0.05, 0) is 24.5 Å². The highest BCUT2D eigenvalue weighted by molar-refractivity contribution is 7.89. The minimum Gasteiger partial charge on any atom is -0.487 e. The summed E-state index contributed by atoms with van der Waals surface area (Å²) in [4.78, 5) is 14.3. The van der Waals surface area contributed by atoms with Crippen molar-refractivity contribution in [3.8, 4) is 5.75 Å².